The van der Waals surface area contributed by atoms with Gasteiger partial charge in [-0.1, -0.05) is 6.07 Å². The van der Waals surface area contributed by atoms with E-state index in [0.29, 0.717) is 24.4 Å². The molecule has 1 saturated heterocycles. The summed E-state index contributed by atoms with van der Waals surface area (Å²) in [6.45, 7) is 1.53. The predicted molar refractivity (Wildman–Crippen MR) is 99.3 cm³/mol. The monoisotopic (exact) mass is 371 g/mol. The second kappa shape index (κ2) is 8.66. The molecule has 1 fully saturated rings. The van der Waals surface area contributed by atoms with Crippen LogP contribution in [0.5, 0.6) is 5.75 Å². The van der Waals surface area contributed by atoms with Crippen LogP contribution in [0.1, 0.15) is 29.6 Å². The minimum Gasteiger partial charge on any atom is -0.497 e. The van der Waals surface area contributed by atoms with Crippen molar-refractivity contribution in [3.05, 3.63) is 42.5 Å². The highest BCUT2D eigenvalue weighted by molar-refractivity contribution is 5.94. The van der Waals surface area contributed by atoms with Gasteiger partial charge in [0, 0.05) is 31.7 Å². The number of hydrogen-bond donors (Lipinski definition) is 0. The Bertz CT molecular complexity index is 777. The maximum absolute atomic E-state index is 12.8. The number of amides is 2. The fourth-order valence-corrected chi connectivity index (χ4v) is 3.39. The molecule has 0 bridgehead atoms. The Balaban J connectivity index is 1.59. The molecule has 8 heteroatoms. The molecular weight excluding hydrogens is 346 g/mol. The molecule has 2 heterocycles. The van der Waals surface area contributed by atoms with Crippen LogP contribution in [0.3, 0.4) is 0 Å². The molecular formula is C19H25N5O3. The molecule has 0 radical (unpaired) electrons. The van der Waals surface area contributed by atoms with Gasteiger partial charge >= 0.3 is 0 Å². The van der Waals surface area contributed by atoms with E-state index in [9.17, 15) is 9.59 Å². The number of benzene rings is 1. The van der Waals surface area contributed by atoms with Crippen molar-refractivity contribution in [1.82, 2.24) is 24.6 Å². The normalized spacial score (nSPS) is 17.3. The molecule has 1 aliphatic heterocycles. The number of likely N-dealkylation sites (tertiary alicyclic amines) is 1. The Hall–Kier alpha value is -2.90. The quantitative estimate of drug-likeness (QED) is 0.794. The van der Waals surface area contributed by atoms with Crippen LogP contribution in [0, 0.1) is 0 Å². The first kappa shape index (κ1) is 18.9. The van der Waals surface area contributed by atoms with Gasteiger partial charge in [-0.15, -0.1) is 0 Å². The average Bonchev–Trinajstić information content (AvgIpc) is 3.08. The topological polar surface area (TPSA) is 80.6 Å². The summed E-state index contributed by atoms with van der Waals surface area (Å²) in [5.74, 6) is 0.671. The van der Waals surface area contributed by atoms with Crippen LogP contribution in [-0.4, -0.2) is 69.7 Å². The van der Waals surface area contributed by atoms with Gasteiger partial charge in [0.25, 0.3) is 5.91 Å². The predicted octanol–water partition coefficient (Wildman–Crippen LogP) is 1.44. The van der Waals surface area contributed by atoms with Crippen LogP contribution in [0.2, 0.25) is 0 Å². The van der Waals surface area contributed by atoms with Gasteiger partial charge < -0.3 is 14.5 Å². The fraction of sp³-hybridized carbons (Fsp3) is 0.474. The van der Waals surface area contributed by atoms with Crippen LogP contribution in [0.25, 0.3) is 0 Å². The summed E-state index contributed by atoms with van der Waals surface area (Å²) in [4.78, 5) is 32.8. The molecule has 8 nitrogen and oxygen atoms in total. The second-order valence-electron chi connectivity index (χ2n) is 6.71. The molecule has 1 aromatic heterocycles. The van der Waals surface area contributed by atoms with Crippen LogP contribution in [0.4, 0.5) is 0 Å². The number of hydrogen-bond acceptors (Lipinski definition) is 5. The van der Waals surface area contributed by atoms with Crippen molar-refractivity contribution in [3.8, 4) is 5.75 Å². The number of methoxy groups -OCH3 is 1. The number of ether oxygens (including phenoxy) is 1. The molecule has 2 amide bonds. The maximum Gasteiger partial charge on any atom is 0.253 e. The molecule has 3 rings (SSSR count). The number of rotatable bonds is 5. The van der Waals surface area contributed by atoms with Crippen molar-refractivity contribution in [2.24, 2.45) is 0 Å². The molecule has 0 saturated carbocycles. The van der Waals surface area contributed by atoms with Crippen LogP contribution >= 0.6 is 0 Å². The molecule has 144 valence electrons. The largest absolute Gasteiger partial charge is 0.497 e. The Morgan fingerprint density at radius 3 is 2.89 bits per heavy atom. The van der Waals surface area contributed by atoms with Gasteiger partial charge in [0.05, 0.1) is 7.11 Å². The molecule has 0 unspecified atom stereocenters. The summed E-state index contributed by atoms with van der Waals surface area (Å²) in [7, 11) is 3.42. The van der Waals surface area contributed by atoms with Crippen molar-refractivity contribution in [2.75, 3.05) is 27.2 Å². The van der Waals surface area contributed by atoms with Crippen molar-refractivity contribution < 1.29 is 14.3 Å². The van der Waals surface area contributed by atoms with E-state index in [1.54, 1.807) is 30.5 Å². The number of aromatic nitrogens is 3. The lowest BCUT2D eigenvalue weighted by Gasteiger charge is -2.27. The summed E-state index contributed by atoms with van der Waals surface area (Å²) in [6, 6.07) is 7.29. The van der Waals surface area contributed by atoms with Crippen LogP contribution < -0.4 is 4.74 Å². The van der Waals surface area contributed by atoms with Crippen molar-refractivity contribution >= 4 is 11.8 Å². The zero-order valence-corrected chi connectivity index (χ0v) is 15.7. The van der Waals surface area contributed by atoms with E-state index in [-0.39, 0.29) is 24.4 Å². The second-order valence-corrected chi connectivity index (χ2v) is 6.71. The lowest BCUT2D eigenvalue weighted by atomic mass is 10.1. The first-order valence-corrected chi connectivity index (χ1v) is 9.10. The third-order valence-electron chi connectivity index (χ3n) is 5.00. The van der Waals surface area contributed by atoms with Gasteiger partial charge in [-0.25, -0.2) is 9.67 Å². The van der Waals surface area contributed by atoms with E-state index < -0.39 is 0 Å². The van der Waals surface area contributed by atoms with E-state index in [4.69, 9.17) is 4.74 Å². The van der Waals surface area contributed by atoms with E-state index in [0.717, 1.165) is 19.3 Å². The van der Waals surface area contributed by atoms with Gasteiger partial charge in [0.2, 0.25) is 5.91 Å². The summed E-state index contributed by atoms with van der Waals surface area (Å²) in [6.07, 6.45) is 5.46. The van der Waals surface area contributed by atoms with Crippen molar-refractivity contribution in [1.29, 1.82) is 0 Å². The average molecular weight is 371 g/mol. The number of carbonyl (C=O) groups is 2. The summed E-state index contributed by atoms with van der Waals surface area (Å²) >= 11 is 0. The smallest absolute Gasteiger partial charge is 0.253 e. The van der Waals surface area contributed by atoms with Crippen LogP contribution in [0.15, 0.2) is 36.9 Å². The third kappa shape index (κ3) is 4.64. The number of carbonyl (C=O) groups excluding carboxylic acids is 2. The van der Waals surface area contributed by atoms with Gasteiger partial charge in [-0.3, -0.25) is 9.59 Å². The molecule has 0 spiro atoms. The van der Waals surface area contributed by atoms with E-state index >= 15 is 0 Å². The Morgan fingerprint density at radius 2 is 2.15 bits per heavy atom. The zero-order valence-electron chi connectivity index (χ0n) is 15.7. The molecule has 1 atom stereocenters. The molecule has 27 heavy (non-hydrogen) atoms. The SMILES string of the molecule is COc1cccc(C(=O)N(C)[C@@H]2CCCN(C(=O)Cn3cncn3)CC2)c1. The minimum atomic E-state index is -0.0266. The molecule has 0 aliphatic carbocycles. The summed E-state index contributed by atoms with van der Waals surface area (Å²) in [5.41, 5.74) is 0.611. The maximum atomic E-state index is 12.8. The Labute approximate surface area is 158 Å². The van der Waals surface area contributed by atoms with Gasteiger partial charge in [-0.2, -0.15) is 5.10 Å². The Morgan fingerprint density at radius 1 is 1.30 bits per heavy atom. The van der Waals surface area contributed by atoms with Gasteiger partial charge in [0.1, 0.15) is 24.9 Å². The van der Waals surface area contributed by atoms with Crippen LogP contribution in [-0.2, 0) is 11.3 Å². The molecule has 2 aromatic rings. The lowest BCUT2D eigenvalue weighted by Crippen LogP contribution is -2.39. The third-order valence-corrected chi connectivity index (χ3v) is 5.00. The summed E-state index contributed by atoms with van der Waals surface area (Å²) < 4.78 is 6.74. The summed E-state index contributed by atoms with van der Waals surface area (Å²) in [5, 5.41) is 3.98. The first-order chi connectivity index (χ1) is 13.1. The van der Waals surface area contributed by atoms with E-state index in [1.165, 1.54) is 11.0 Å². The van der Waals surface area contributed by atoms with Crippen molar-refractivity contribution in [3.63, 3.8) is 0 Å². The fourth-order valence-electron chi connectivity index (χ4n) is 3.39. The van der Waals surface area contributed by atoms with Crippen molar-refractivity contribution in [2.45, 2.75) is 31.8 Å². The highest BCUT2D eigenvalue weighted by atomic mass is 16.5. The standard InChI is InChI=1S/C19H25N5O3/c1-22(19(26)15-5-3-7-17(11-15)27-2)16-6-4-9-23(10-8-16)18(25)12-24-14-20-13-21-24/h3,5,7,11,13-14,16H,4,6,8-10,12H2,1-2H3/t16-/m1/s1. The van der Waals surface area contributed by atoms with E-state index in [1.807, 2.05) is 24.1 Å². The number of nitrogens with zero attached hydrogens (tertiary/aromatic N) is 5. The highest BCUT2D eigenvalue weighted by Gasteiger charge is 2.26. The van der Waals surface area contributed by atoms with Gasteiger partial charge in [-0.05, 0) is 37.5 Å². The Kier molecular flexibility index (Phi) is 6.05. The van der Waals surface area contributed by atoms with Gasteiger partial charge in [0.15, 0.2) is 0 Å². The van der Waals surface area contributed by atoms with E-state index in [2.05, 4.69) is 10.1 Å². The highest BCUT2D eigenvalue weighted by Crippen LogP contribution is 2.20. The lowest BCUT2D eigenvalue weighted by molar-refractivity contribution is -0.132. The molecule has 1 aromatic carbocycles. The zero-order chi connectivity index (χ0) is 19.2. The molecule has 1 aliphatic rings. The minimum absolute atomic E-state index is 0.0266. The molecule has 0 N–H and O–H groups in total. The first-order valence-electron chi connectivity index (χ1n) is 9.10.